The maximum atomic E-state index is 11.9. The molecule has 0 amide bonds. The van der Waals surface area contributed by atoms with Crippen molar-refractivity contribution in [2.75, 3.05) is 6.61 Å². The molecule has 0 bridgehead atoms. The zero-order valence-corrected chi connectivity index (χ0v) is 14.2. The summed E-state index contributed by atoms with van der Waals surface area (Å²) in [5.41, 5.74) is 1.74. The van der Waals surface area contributed by atoms with Gasteiger partial charge in [-0.3, -0.25) is 0 Å². The first kappa shape index (κ1) is 16.6. The Labute approximate surface area is 148 Å². The molecule has 1 aliphatic rings. The minimum absolute atomic E-state index is 0.0960. The maximum Gasteiger partial charge on any atom is 0.344 e. The summed E-state index contributed by atoms with van der Waals surface area (Å²) >= 11 is 7.51. The third kappa shape index (κ3) is 3.80. The van der Waals surface area contributed by atoms with Gasteiger partial charge in [-0.05, 0) is 23.8 Å². The number of ether oxygens (including phenoxy) is 1. The Balaban J connectivity index is 1.91. The average Bonchev–Trinajstić information content (AvgIpc) is 2.92. The Bertz CT molecular complexity index is 818. The zero-order chi connectivity index (χ0) is 16.9. The molecule has 0 unspecified atom stereocenters. The Kier molecular flexibility index (Phi) is 5.23. The number of aliphatic hydroxyl groups excluding tert-OH is 1. The number of hydrogen-bond donors (Lipinski definition) is 1. The van der Waals surface area contributed by atoms with E-state index in [0.29, 0.717) is 21.5 Å². The molecule has 0 saturated heterocycles. The third-order valence-electron chi connectivity index (χ3n) is 3.36. The number of carbonyl (C=O) groups is 1. The van der Waals surface area contributed by atoms with Gasteiger partial charge in [0.1, 0.15) is 23.0 Å². The van der Waals surface area contributed by atoms with E-state index in [1.165, 1.54) is 11.8 Å². The minimum Gasteiger partial charge on any atom is -0.508 e. The van der Waals surface area contributed by atoms with E-state index in [-0.39, 0.29) is 17.9 Å². The van der Waals surface area contributed by atoms with Crippen molar-refractivity contribution in [1.82, 2.24) is 0 Å². The Morgan fingerprint density at radius 3 is 2.54 bits per heavy atom. The van der Waals surface area contributed by atoms with E-state index in [0.717, 1.165) is 5.56 Å². The number of benzene rings is 2. The highest BCUT2D eigenvalue weighted by Gasteiger charge is 2.29. The molecule has 0 atom stereocenters. The summed E-state index contributed by atoms with van der Waals surface area (Å²) in [5.74, 6) is -0.134. The highest BCUT2D eigenvalue weighted by atomic mass is 35.5. The Morgan fingerprint density at radius 2 is 1.88 bits per heavy atom. The van der Waals surface area contributed by atoms with E-state index in [4.69, 9.17) is 16.3 Å². The van der Waals surface area contributed by atoms with Crippen LogP contribution in [0.1, 0.15) is 5.56 Å². The van der Waals surface area contributed by atoms with Crippen molar-refractivity contribution in [2.24, 2.45) is 4.99 Å². The van der Waals surface area contributed by atoms with Gasteiger partial charge in [0.05, 0.1) is 5.69 Å². The van der Waals surface area contributed by atoms with Gasteiger partial charge in [-0.15, -0.1) is 11.8 Å². The fraction of sp³-hybridized carbons (Fsp3) is 0.111. The van der Waals surface area contributed by atoms with Crippen LogP contribution in [0.15, 0.2) is 70.9 Å². The largest absolute Gasteiger partial charge is 0.508 e. The van der Waals surface area contributed by atoms with Crippen LogP contribution in [0.3, 0.4) is 0 Å². The van der Waals surface area contributed by atoms with Gasteiger partial charge in [0.2, 0.25) is 0 Å². The average molecular weight is 360 g/mol. The summed E-state index contributed by atoms with van der Waals surface area (Å²) in [6, 6.07) is 16.7. The SMILES string of the molecule is O=C1OCC(O)=C1C(=Nc1ccccc1)SCc1ccccc1Cl. The lowest BCUT2D eigenvalue weighted by Gasteiger charge is -2.08. The van der Waals surface area contributed by atoms with E-state index in [1.807, 2.05) is 54.6 Å². The van der Waals surface area contributed by atoms with Crippen LogP contribution in [0, 0.1) is 0 Å². The van der Waals surface area contributed by atoms with Crippen molar-refractivity contribution in [3.05, 3.63) is 76.5 Å². The van der Waals surface area contributed by atoms with Gasteiger partial charge in [0.15, 0.2) is 0 Å². The van der Waals surface area contributed by atoms with Gasteiger partial charge >= 0.3 is 5.97 Å². The molecule has 4 nitrogen and oxygen atoms in total. The molecule has 24 heavy (non-hydrogen) atoms. The molecule has 122 valence electrons. The van der Waals surface area contributed by atoms with Crippen LogP contribution < -0.4 is 0 Å². The number of para-hydroxylation sites is 1. The molecule has 0 aliphatic carbocycles. The molecule has 0 fully saturated rings. The van der Waals surface area contributed by atoms with Crippen molar-refractivity contribution in [3.63, 3.8) is 0 Å². The molecule has 0 saturated carbocycles. The Morgan fingerprint density at radius 1 is 1.17 bits per heavy atom. The highest BCUT2D eigenvalue weighted by Crippen LogP contribution is 2.29. The molecule has 6 heteroatoms. The summed E-state index contributed by atoms with van der Waals surface area (Å²) in [6.45, 7) is -0.116. The highest BCUT2D eigenvalue weighted by molar-refractivity contribution is 8.13. The van der Waals surface area contributed by atoms with E-state index in [1.54, 1.807) is 0 Å². The number of aliphatic imine (C=N–C) groups is 1. The second-order valence-corrected chi connectivity index (χ2v) is 6.40. The van der Waals surface area contributed by atoms with Gasteiger partial charge in [-0.1, -0.05) is 48.0 Å². The second-order valence-electron chi connectivity index (χ2n) is 5.03. The van der Waals surface area contributed by atoms with Crippen LogP contribution in [0.5, 0.6) is 0 Å². The van der Waals surface area contributed by atoms with Crippen molar-refractivity contribution in [1.29, 1.82) is 0 Å². The molecule has 0 radical (unpaired) electrons. The number of rotatable bonds is 4. The molecule has 1 aliphatic heterocycles. The van der Waals surface area contributed by atoms with E-state index < -0.39 is 5.97 Å². The first-order valence-corrected chi connectivity index (χ1v) is 8.61. The van der Waals surface area contributed by atoms with Crippen LogP contribution in [0.2, 0.25) is 5.02 Å². The fourth-order valence-corrected chi connectivity index (χ4v) is 3.49. The lowest BCUT2D eigenvalue weighted by atomic mass is 10.2. The number of carbonyl (C=O) groups excluding carboxylic acids is 1. The quantitative estimate of drug-likeness (QED) is 0.489. The van der Waals surface area contributed by atoms with Crippen LogP contribution in [0.4, 0.5) is 5.69 Å². The predicted octanol–water partition coefficient (Wildman–Crippen LogP) is 4.67. The summed E-state index contributed by atoms with van der Waals surface area (Å²) < 4.78 is 4.89. The fourth-order valence-electron chi connectivity index (χ4n) is 2.15. The van der Waals surface area contributed by atoms with Crippen molar-refractivity contribution >= 4 is 40.1 Å². The van der Waals surface area contributed by atoms with E-state index in [2.05, 4.69) is 4.99 Å². The Hall–Kier alpha value is -2.24. The number of hydrogen-bond acceptors (Lipinski definition) is 5. The van der Waals surface area contributed by atoms with Crippen molar-refractivity contribution in [3.8, 4) is 0 Å². The number of cyclic esters (lactones) is 1. The molecule has 1 heterocycles. The van der Waals surface area contributed by atoms with Gasteiger partial charge in [0, 0.05) is 10.8 Å². The molecule has 0 aromatic heterocycles. The number of halogens is 1. The maximum absolute atomic E-state index is 11.9. The van der Waals surface area contributed by atoms with Gasteiger partial charge in [-0.25, -0.2) is 9.79 Å². The number of aliphatic hydroxyl groups is 1. The first-order chi connectivity index (χ1) is 11.6. The monoisotopic (exact) mass is 359 g/mol. The van der Waals surface area contributed by atoms with Gasteiger partial charge in [0.25, 0.3) is 0 Å². The standard InChI is InChI=1S/C18H14ClNO3S/c19-14-9-5-4-6-12(14)11-24-17(16-15(21)10-23-18(16)22)20-13-7-2-1-3-8-13/h1-9,21H,10-11H2. The van der Waals surface area contributed by atoms with Crippen LogP contribution in [-0.2, 0) is 15.3 Å². The smallest absolute Gasteiger partial charge is 0.344 e. The molecule has 3 rings (SSSR count). The van der Waals surface area contributed by atoms with Crippen molar-refractivity contribution in [2.45, 2.75) is 5.75 Å². The normalized spacial score (nSPS) is 14.9. The zero-order valence-electron chi connectivity index (χ0n) is 12.6. The topological polar surface area (TPSA) is 58.9 Å². The molecule has 2 aromatic carbocycles. The minimum atomic E-state index is -0.561. The number of esters is 1. The molecular weight excluding hydrogens is 346 g/mol. The molecule has 0 spiro atoms. The predicted molar refractivity (Wildman–Crippen MR) is 96.9 cm³/mol. The van der Waals surface area contributed by atoms with Crippen LogP contribution in [-0.4, -0.2) is 22.7 Å². The third-order valence-corrected chi connectivity index (χ3v) is 4.75. The summed E-state index contributed by atoms with van der Waals surface area (Å²) in [7, 11) is 0. The van der Waals surface area contributed by atoms with Crippen LogP contribution in [0.25, 0.3) is 0 Å². The van der Waals surface area contributed by atoms with Gasteiger partial charge < -0.3 is 9.84 Å². The van der Waals surface area contributed by atoms with E-state index in [9.17, 15) is 9.90 Å². The van der Waals surface area contributed by atoms with Crippen LogP contribution >= 0.6 is 23.4 Å². The summed E-state index contributed by atoms with van der Waals surface area (Å²) in [5, 5.41) is 11.0. The molecular formula is C18H14ClNO3S. The molecule has 2 aromatic rings. The summed E-state index contributed by atoms with van der Waals surface area (Å²) in [4.78, 5) is 16.4. The first-order valence-electron chi connectivity index (χ1n) is 7.24. The lowest BCUT2D eigenvalue weighted by molar-refractivity contribution is -0.135. The molecule has 1 N–H and O–H groups in total. The summed E-state index contributed by atoms with van der Waals surface area (Å²) in [6.07, 6.45) is 0. The van der Waals surface area contributed by atoms with E-state index >= 15 is 0 Å². The second kappa shape index (κ2) is 7.55. The number of thioether (sulfide) groups is 1. The number of nitrogens with zero attached hydrogens (tertiary/aromatic N) is 1. The van der Waals surface area contributed by atoms with Gasteiger partial charge in [-0.2, -0.15) is 0 Å². The lowest BCUT2D eigenvalue weighted by Crippen LogP contribution is -2.08. The van der Waals surface area contributed by atoms with Crippen molar-refractivity contribution < 1.29 is 14.6 Å².